The van der Waals surface area contributed by atoms with Gasteiger partial charge in [0.25, 0.3) is 0 Å². The number of carboxylic acid groups (broad SMARTS) is 1. The molecule has 0 amide bonds. The van der Waals surface area contributed by atoms with E-state index in [1.165, 1.54) is 25.7 Å². The molecule has 1 aromatic rings. The van der Waals surface area contributed by atoms with E-state index in [9.17, 15) is 9.90 Å². The highest BCUT2D eigenvalue weighted by Crippen LogP contribution is 2.33. The van der Waals surface area contributed by atoms with Crippen molar-refractivity contribution in [3.05, 3.63) is 23.8 Å². The number of anilines is 2. The van der Waals surface area contributed by atoms with Crippen molar-refractivity contribution in [3.8, 4) is 0 Å². The molecule has 0 spiro atoms. The van der Waals surface area contributed by atoms with Crippen LogP contribution in [0.3, 0.4) is 0 Å². The molecular formula is C17H26N2O2. The molecule has 2 rings (SSSR count). The van der Waals surface area contributed by atoms with Gasteiger partial charge in [-0.15, -0.1) is 0 Å². The van der Waals surface area contributed by atoms with Crippen LogP contribution in [0.25, 0.3) is 0 Å². The van der Waals surface area contributed by atoms with Gasteiger partial charge in [0.2, 0.25) is 0 Å². The number of benzene rings is 1. The topological polar surface area (TPSA) is 66.6 Å². The fraction of sp³-hybridized carbons (Fsp3) is 0.588. The fourth-order valence-electron chi connectivity index (χ4n) is 3.04. The first-order valence-corrected chi connectivity index (χ1v) is 7.88. The molecule has 4 heteroatoms. The monoisotopic (exact) mass is 290 g/mol. The summed E-state index contributed by atoms with van der Waals surface area (Å²) in [5, 5.41) is 9.21. The van der Waals surface area contributed by atoms with E-state index >= 15 is 0 Å². The Hall–Kier alpha value is -1.71. The first kappa shape index (κ1) is 15.7. The number of rotatable bonds is 6. The van der Waals surface area contributed by atoms with E-state index in [0.29, 0.717) is 23.2 Å². The Labute approximate surface area is 126 Å². The van der Waals surface area contributed by atoms with Crippen LogP contribution < -0.4 is 10.6 Å². The Morgan fingerprint density at radius 1 is 1.38 bits per heavy atom. The van der Waals surface area contributed by atoms with Gasteiger partial charge in [-0.05, 0) is 43.4 Å². The number of carboxylic acids is 1. The van der Waals surface area contributed by atoms with Gasteiger partial charge in [-0.1, -0.05) is 26.7 Å². The Morgan fingerprint density at radius 2 is 2.05 bits per heavy atom. The third-order valence-corrected chi connectivity index (χ3v) is 4.30. The second kappa shape index (κ2) is 6.83. The predicted octanol–water partition coefficient (Wildman–Crippen LogP) is 3.76. The van der Waals surface area contributed by atoms with Crippen LogP contribution in [0, 0.1) is 5.92 Å². The van der Waals surface area contributed by atoms with Crippen LogP contribution in [0.2, 0.25) is 0 Å². The van der Waals surface area contributed by atoms with Gasteiger partial charge in [0, 0.05) is 12.6 Å². The molecule has 0 aliphatic heterocycles. The zero-order valence-corrected chi connectivity index (χ0v) is 13.0. The molecule has 0 atom stereocenters. The van der Waals surface area contributed by atoms with Crippen molar-refractivity contribution in [2.24, 2.45) is 5.92 Å². The highest BCUT2D eigenvalue weighted by molar-refractivity contribution is 5.90. The molecule has 21 heavy (non-hydrogen) atoms. The number of hydrogen-bond donors (Lipinski definition) is 2. The molecule has 1 aliphatic rings. The maximum absolute atomic E-state index is 11.2. The Balaban J connectivity index is 2.29. The van der Waals surface area contributed by atoms with Crippen LogP contribution in [0.5, 0.6) is 0 Å². The standard InChI is InChI=1S/C17H26N2O2/c1-12(2)9-10-19(14-5-3-4-6-14)16-11-13(17(20)21)7-8-15(16)18/h7-8,11-12,14H,3-6,9-10,18H2,1-2H3,(H,20,21). The summed E-state index contributed by atoms with van der Waals surface area (Å²) in [4.78, 5) is 13.6. The van der Waals surface area contributed by atoms with Crippen LogP contribution in [-0.4, -0.2) is 23.7 Å². The minimum atomic E-state index is -0.897. The van der Waals surface area contributed by atoms with Crippen molar-refractivity contribution in [2.45, 2.75) is 52.0 Å². The van der Waals surface area contributed by atoms with Gasteiger partial charge in [-0.2, -0.15) is 0 Å². The molecule has 1 saturated carbocycles. The van der Waals surface area contributed by atoms with E-state index in [2.05, 4.69) is 18.7 Å². The average Bonchev–Trinajstić information content (AvgIpc) is 2.94. The molecule has 4 nitrogen and oxygen atoms in total. The molecule has 0 heterocycles. The number of nitrogens with two attached hydrogens (primary N) is 1. The third kappa shape index (κ3) is 3.90. The van der Waals surface area contributed by atoms with Crippen molar-refractivity contribution in [3.63, 3.8) is 0 Å². The van der Waals surface area contributed by atoms with E-state index in [4.69, 9.17) is 5.73 Å². The van der Waals surface area contributed by atoms with Crippen LogP contribution in [-0.2, 0) is 0 Å². The summed E-state index contributed by atoms with van der Waals surface area (Å²) in [5.74, 6) is -0.274. The number of carbonyl (C=O) groups is 1. The van der Waals surface area contributed by atoms with Gasteiger partial charge in [0.15, 0.2) is 0 Å². The van der Waals surface area contributed by atoms with E-state index < -0.39 is 5.97 Å². The quantitative estimate of drug-likeness (QED) is 0.783. The minimum absolute atomic E-state index is 0.312. The minimum Gasteiger partial charge on any atom is -0.478 e. The van der Waals surface area contributed by atoms with Gasteiger partial charge in [0.1, 0.15) is 0 Å². The molecular weight excluding hydrogens is 264 g/mol. The van der Waals surface area contributed by atoms with Crippen molar-refractivity contribution < 1.29 is 9.90 Å². The molecule has 0 radical (unpaired) electrons. The van der Waals surface area contributed by atoms with Crippen molar-refractivity contribution in [1.82, 2.24) is 0 Å². The summed E-state index contributed by atoms with van der Waals surface area (Å²) in [6.45, 7) is 5.36. The molecule has 3 N–H and O–H groups in total. The molecule has 1 aliphatic carbocycles. The van der Waals surface area contributed by atoms with Gasteiger partial charge in [-0.3, -0.25) is 0 Å². The van der Waals surface area contributed by atoms with Crippen LogP contribution >= 0.6 is 0 Å². The second-order valence-electron chi connectivity index (χ2n) is 6.39. The van der Waals surface area contributed by atoms with Gasteiger partial charge < -0.3 is 15.7 Å². The molecule has 0 unspecified atom stereocenters. The van der Waals surface area contributed by atoms with E-state index in [-0.39, 0.29) is 0 Å². The lowest BCUT2D eigenvalue weighted by Gasteiger charge is -2.33. The molecule has 0 saturated heterocycles. The zero-order valence-electron chi connectivity index (χ0n) is 13.0. The maximum atomic E-state index is 11.2. The first-order chi connectivity index (χ1) is 9.99. The summed E-state index contributed by atoms with van der Waals surface area (Å²) >= 11 is 0. The summed E-state index contributed by atoms with van der Waals surface area (Å²) in [5.41, 5.74) is 8.01. The summed E-state index contributed by atoms with van der Waals surface area (Å²) in [7, 11) is 0. The van der Waals surface area contributed by atoms with E-state index in [1.807, 2.05) is 0 Å². The Kier molecular flexibility index (Phi) is 5.10. The Bertz CT molecular complexity index is 494. The van der Waals surface area contributed by atoms with Crippen LogP contribution in [0.15, 0.2) is 18.2 Å². The lowest BCUT2D eigenvalue weighted by Crippen LogP contribution is -2.35. The highest BCUT2D eigenvalue weighted by Gasteiger charge is 2.24. The Morgan fingerprint density at radius 3 is 2.62 bits per heavy atom. The van der Waals surface area contributed by atoms with Crippen LogP contribution in [0.4, 0.5) is 11.4 Å². The highest BCUT2D eigenvalue weighted by atomic mass is 16.4. The maximum Gasteiger partial charge on any atom is 0.335 e. The van der Waals surface area contributed by atoms with Gasteiger partial charge >= 0.3 is 5.97 Å². The second-order valence-corrected chi connectivity index (χ2v) is 6.39. The molecule has 0 aromatic heterocycles. The van der Waals surface area contributed by atoms with E-state index in [1.54, 1.807) is 18.2 Å². The first-order valence-electron chi connectivity index (χ1n) is 7.88. The van der Waals surface area contributed by atoms with Crippen molar-refractivity contribution in [2.75, 3.05) is 17.2 Å². The molecule has 0 bridgehead atoms. The lowest BCUT2D eigenvalue weighted by molar-refractivity contribution is 0.0697. The van der Waals surface area contributed by atoms with Crippen molar-refractivity contribution >= 4 is 17.3 Å². The number of nitrogen functional groups attached to an aromatic ring is 1. The SMILES string of the molecule is CC(C)CCN(c1cc(C(=O)O)ccc1N)C1CCCC1. The lowest BCUT2D eigenvalue weighted by atomic mass is 10.1. The third-order valence-electron chi connectivity index (χ3n) is 4.30. The smallest absolute Gasteiger partial charge is 0.335 e. The number of hydrogen-bond acceptors (Lipinski definition) is 3. The largest absolute Gasteiger partial charge is 0.478 e. The molecule has 1 fully saturated rings. The summed E-state index contributed by atoms with van der Waals surface area (Å²) in [6.07, 6.45) is 5.94. The predicted molar refractivity (Wildman–Crippen MR) is 86.9 cm³/mol. The average molecular weight is 290 g/mol. The number of aromatic carboxylic acids is 1. The van der Waals surface area contributed by atoms with Crippen molar-refractivity contribution in [1.29, 1.82) is 0 Å². The summed E-state index contributed by atoms with van der Waals surface area (Å²) in [6, 6.07) is 5.53. The molecule has 1 aromatic carbocycles. The van der Waals surface area contributed by atoms with E-state index in [0.717, 1.165) is 18.7 Å². The normalized spacial score (nSPS) is 15.6. The zero-order chi connectivity index (χ0) is 15.4. The van der Waals surface area contributed by atoms with Crippen LogP contribution in [0.1, 0.15) is 56.3 Å². The van der Waals surface area contributed by atoms with Gasteiger partial charge in [-0.25, -0.2) is 4.79 Å². The van der Waals surface area contributed by atoms with Gasteiger partial charge in [0.05, 0.1) is 16.9 Å². The fourth-order valence-corrected chi connectivity index (χ4v) is 3.04. The summed E-state index contributed by atoms with van der Waals surface area (Å²) < 4.78 is 0. The number of nitrogens with zero attached hydrogens (tertiary/aromatic N) is 1. The molecule has 116 valence electrons.